The minimum Gasteiger partial charge on any atom is -0.0856 e. The summed E-state index contributed by atoms with van der Waals surface area (Å²) in [7, 11) is 0. The third-order valence-corrected chi connectivity index (χ3v) is 5.52. The Kier molecular flexibility index (Phi) is 14.4. The number of hydrogen-bond acceptors (Lipinski definition) is 0. The van der Waals surface area contributed by atoms with E-state index in [-0.39, 0.29) is 0 Å². The zero-order chi connectivity index (χ0) is 16.0. The normalized spacial score (nSPS) is 13.6. The van der Waals surface area contributed by atoms with Crippen molar-refractivity contribution in [2.24, 2.45) is 5.92 Å². The molecule has 0 rings (SSSR count). The maximum atomic E-state index is 3.84. The maximum Gasteiger partial charge on any atom is 0.0229 e. The van der Waals surface area contributed by atoms with Gasteiger partial charge in [0.2, 0.25) is 0 Å². The monoisotopic (exact) mass is 360 g/mol. The second-order valence-electron chi connectivity index (χ2n) is 7.35. The highest BCUT2D eigenvalue weighted by atomic mass is 79.9. The van der Waals surface area contributed by atoms with Crippen molar-refractivity contribution in [3.63, 3.8) is 0 Å². The molecular formula is C20H41Br. The summed E-state index contributed by atoms with van der Waals surface area (Å²) >= 11 is 3.84. The molecular weight excluding hydrogens is 320 g/mol. The number of alkyl halides is 1. The van der Waals surface area contributed by atoms with Gasteiger partial charge in [-0.15, -0.1) is 0 Å². The van der Waals surface area contributed by atoms with Crippen LogP contribution < -0.4 is 0 Å². The molecule has 1 atom stereocenters. The summed E-state index contributed by atoms with van der Waals surface area (Å²) in [6.07, 6.45) is 20.1. The first-order chi connectivity index (χ1) is 10.0. The van der Waals surface area contributed by atoms with Gasteiger partial charge in [-0.1, -0.05) is 113 Å². The standard InChI is InChI=1S/C20H41Br/c1-5-7-8-9-10-11-12-13-14-15-16-17-18-19(6-2)20(3,4)21/h19H,5-18H2,1-4H3. The van der Waals surface area contributed by atoms with Crippen molar-refractivity contribution in [2.75, 3.05) is 0 Å². The molecule has 1 heteroatoms. The van der Waals surface area contributed by atoms with E-state index in [1.54, 1.807) is 0 Å². The van der Waals surface area contributed by atoms with Gasteiger partial charge in [-0.3, -0.25) is 0 Å². The summed E-state index contributed by atoms with van der Waals surface area (Å²) in [5, 5.41) is 0. The molecule has 0 aliphatic carbocycles. The highest BCUT2D eigenvalue weighted by Gasteiger charge is 2.23. The lowest BCUT2D eigenvalue weighted by Gasteiger charge is -2.27. The molecule has 1 unspecified atom stereocenters. The van der Waals surface area contributed by atoms with E-state index >= 15 is 0 Å². The minimum atomic E-state index is 0.319. The van der Waals surface area contributed by atoms with Crippen molar-refractivity contribution in [3.05, 3.63) is 0 Å². The Morgan fingerprint density at radius 3 is 1.38 bits per heavy atom. The molecule has 0 fully saturated rings. The van der Waals surface area contributed by atoms with E-state index in [9.17, 15) is 0 Å². The van der Waals surface area contributed by atoms with Crippen molar-refractivity contribution >= 4 is 15.9 Å². The van der Waals surface area contributed by atoms with Crippen LogP contribution in [0.5, 0.6) is 0 Å². The molecule has 0 saturated carbocycles. The van der Waals surface area contributed by atoms with Gasteiger partial charge in [0.1, 0.15) is 0 Å². The van der Waals surface area contributed by atoms with Crippen LogP contribution in [0.4, 0.5) is 0 Å². The molecule has 0 aromatic heterocycles. The average molecular weight is 361 g/mol. The van der Waals surface area contributed by atoms with Crippen LogP contribution in [0.3, 0.4) is 0 Å². The van der Waals surface area contributed by atoms with Crippen LogP contribution >= 0.6 is 15.9 Å². The van der Waals surface area contributed by atoms with Gasteiger partial charge >= 0.3 is 0 Å². The van der Waals surface area contributed by atoms with E-state index in [4.69, 9.17) is 0 Å². The quantitative estimate of drug-likeness (QED) is 0.203. The zero-order valence-corrected chi connectivity index (χ0v) is 16.9. The largest absolute Gasteiger partial charge is 0.0856 e. The van der Waals surface area contributed by atoms with Crippen molar-refractivity contribution in [1.29, 1.82) is 0 Å². The molecule has 0 aromatic rings. The topological polar surface area (TPSA) is 0 Å². The minimum absolute atomic E-state index is 0.319. The number of rotatable bonds is 15. The third kappa shape index (κ3) is 13.8. The SMILES string of the molecule is CCCCCCCCCCCCCCC(CC)C(C)(C)Br. The van der Waals surface area contributed by atoms with E-state index in [0.29, 0.717) is 4.32 Å². The van der Waals surface area contributed by atoms with Crippen molar-refractivity contribution in [2.45, 2.75) is 122 Å². The van der Waals surface area contributed by atoms with E-state index in [0.717, 1.165) is 5.92 Å². The van der Waals surface area contributed by atoms with Gasteiger partial charge in [-0.2, -0.15) is 0 Å². The molecule has 0 heterocycles. The van der Waals surface area contributed by atoms with Crippen LogP contribution in [0.25, 0.3) is 0 Å². The summed E-state index contributed by atoms with van der Waals surface area (Å²) in [6.45, 7) is 9.26. The van der Waals surface area contributed by atoms with Crippen LogP contribution in [0.1, 0.15) is 118 Å². The van der Waals surface area contributed by atoms with Gasteiger partial charge in [0.25, 0.3) is 0 Å². The number of hydrogen-bond donors (Lipinski definition) is 0. The van der Waals surface area contributed by atoms with Gasteiger partial charge in [0.05, 0.1) is 0 Å². The van der Waals surface area contributed by atoms with E-state index in [2.05, 4.69) is 43.6 Å². The lowest BCUT2D eigenvalue weighted by molar-refractivity contribution is 0.371. The second-order valence-corrected chi connectivity index (χ2v) is 9.39. The molecule has 0 saturated heterocycles. The summed E-state index contributed by atoms with van der Waals surface area (Å²) in [6, 6.07) is 0. The molecule has 0 nitrogen and oxygen atoms in total. The predicted octanol–water partition coefficient (Wildman–Crippen LogP) is 8.28. The molecule has 0 amide bonds. The number of halogens is 1. The summed E-state index contributed by atoms with van der Waals surface area (Å²) < 4.78 is 0.319. The molecule has 0 aromatic carbocycles. The van der Waals surface area contributed by atoms with Crippen LogP contribution in [-0.4, -0.2) is 4.32 Å². The molecule has 0 aliphatic heterocycles. The summed E-state index contributed by atoms with van der Waals surface area (Å²) in [4.78, 5) is 0. The average Bonchev–Trinajstić information content (AvgIpc) is 2.42. The first kappa shape index (κ1) is 21.5. The smallest absolute Gasteiger partial charge is 0.0229 e. The van der Waals surface area contributed by atoms with Crippen molar-refractivity contribution in [3.8, 4) is 0 Å². The Morgan fingerprint density at radius 2 is 1.05 bits per heavy atom. The molecule has 21 heavy (non-hydrogen) atoms. The van der Waals surface area contributed by atoms with Crippen molar-refractivity contribution in [1.82, 2.24) is 0 Å². The van der Waals surface area contributed by atoms with E-state index in [1.165, 1.54) is 89.9 Å². The lowest BCUT2D eigenvalue weighted by atomic mass is 9.88. The third-order valence-electron chi connectivity index (χ3n) is 4.87. The van der Waals surface area contributed by atoms with Crippen molar-refractivity contribution < 1.29 is 0 Å². The first-order valence-electron chi connectivity index (χ1n) is 9.71. The van der Waals surface area contributed by atoms with Crippen LogP contribution in [0.15, 0.2) is 0 Å². The lowest BCUT2D eigenvalue weighted by Crippen LogP contribution is -2.23. The fraction of sp³-hybridized carbons (Fsp3) is 1.00. The Labute approximate surface area is 144 Å². The van der Waals surface area contributed by atoms with Gasteiger partial charge < -0.3 is 0 Å². The van der Waals surface area contributed by atoms with Gasteiger partial charge in [0.15, 0.2) is 0 Å². The molecule has 0 N–H and O–H groups in total. The van der Waals surface area contributed by atoms with E-state index in [1.807, 2.05) is 0 Å². The van der Waals surface area contributed by atoms with Gasteiger partial charge in [-0.25, -0.2) is 0 Å². The summed E-state index contributed by atoms with van der Waals surface area (Å²) in [5.41, 5.74) is 0. The van der Waals surface area contributed by atoms with Crippen LogP contribution in [0, 0.1) is 5.92 Å². The first-order valence-corrected chi connectivity index (χ1v) is 10.5. The van der Waals surface area contributed by atoms with Gasteiger partial charge in [-0.05, 0) is 26.2 Å². The summed E-state index contributed by atoms with van der Waals surface area (Å²) in [5.74, 6) is 0.834. The highest BCUT2D eigenvalue weighted by molar-refractivity contribution is 9.10. The molecule has 0 aliphatic rings. The fourth-order valence-electron chi connectivity index (χ4n) is 3.26. The predicted molar refractivity (Wildman–Crippen MR) is 102 cm³/mol. The molecule has 0 bridgehead atoms. The highest BCUT2D eigenvalue weighted by Crippen LogP contribution is 2.33. The van der Waals surface area contributed by atoms with Gasteiger partial charge in [0, 0.05) is 4.32 Å². The van der Waals surface area contributed by atoms with Crippen LogP contribution in [-0.2, 0) is 0 Å². The second kappa shape index (κ2) is 14.1. The molecule has 0 radical (unpaired) electrons. The Bertz CT molecular complexity index is 204. The fourth-order valence-corrected chi connectivity index (χ4v) is 3.82. The Balaban J connectivity index is 3.26. The molecule has 0 spiro atoms. The number of unbranched alkanes of at least 4 members (excludes halogenated alkanes) is 11. The van der Waals surface area contributed by atoms with E-state index < -0.39 is 0 Å². The Hall–Kier alpha value is 0.480. The Morgan fingerprint density at radius 1 is 0.667 bits per heavy atom. The maximum absolute atomic E-state index is 3.84. The molecule has 128 valence electrons. The zero-order valence-electron chi connectivity index (χ0n) is 15.4. The van der Waals surface area contributed by atoms with Crippen LogP contribution in [0.2, 0.25) is 0 Å².